The third-order valence-corrected chi connectivity index (χ3v) is 4.77. The molecular formula is C18H26N4O4. The van der Waals surface area contributed by atoms with E-state index in [-0.39, 0.29) is 24.3 Å². The standard InChI is InChI=1S/C18H26N4O4/c1-2-26-16(23)11-15-5-3-4-6-22(15)17(24)14-12-19-18(20-13-14)21-7-9-25-10-8-21/h12-13,15H,2-11H2,1H3/t15-/m0/s1. The molecule has 0 aromatic carbocycles. The number of ether oxygens (including phenoxy) is 2. The Hall–Kier alpha value is -2.22. The number of esters is 1. The highest BCUT2D eigenvalue weighted by atomic mass is 16.5. The van der Waals surface area contributed by atoms with Crippen molar-refractivity contribution in [1.29, 1.82) is 0 Å². The van der Waals surface area contributed by atoms with E-state index < -0.39 is 0 Å². The van der Waals surface area contributed by atoms with E-state index in [2.05, 4.69) is 9.97 Å². The number of anilines is 1. The molecule has 0 N–H and O–H groups in total. The molecule has 26 heavy (non-hydrogen) atoms. The number of hydrogen-bond acceptors (Lipinski definition) is 7. The van der Waals surface area contributed by atoms with Gasteiger partial charge in [0, 0.05) is 38.1 Å². The van der Waals surface area contributed by atoms with Gasteiger partial charge in [0.15, 0.2) is 0 Å². The first-order valence-electron chi connectivity index (χ1n) is 9.30. The van der Waals surface area contributed by atoms with Crippen molar-refractivity contribution in [2.24, 2.45) is 0 Å². The number of carbonyl (C=O) groups is 2. The molecule has 1 aromatic rings. The lowest BCUT2D eigenvalue weighted by Gasteiger charge is -2.35. The Morgan fingerprint density at radius 1 is 1.19 bits per heavy atom. The van der Waals surface area contributed by atoms with Gasteiger partial charge in [-0.15, -0.1) is 0 Å². The second-order valence-electron chi connectivity index (χ2n) is 6.53. The van der Waals surface area contributed by atoms with Crippen molar-refractivity contribution in [3.8, 4) is 0 Å². The first-order valence-corrected chi connectivity index (χ1v) is 9.30. The molecule has 2 saturated heterocycles. The summed E-state index contributed by atoms with van der Waals surface area (Å²) in [6.45, 7) is 5.61. The minimum Gasteiger partial charge on any atom is -0.466 e. The Morgan fingerprint density at radius 2 is 1.92 bits per heavy atom. The molecule has 0 radical (unpaired) electrons. The Balaban J connectivity index is 1.66. The molecule has 3 rings (SSSR count). The maximum Gasteiger partial charge on any atom is 0.307 e. The molecule has 0 saturated carbocycles. The molecule has 142 valence electrons. The number of amides is 1. The van der Waals surface area contributed by atoms with Gasteiger partial charge in [0.05, 0.1) is 31.8 Å². The highest BCUT2D eigenvalue weighted by Gasteiger charge is 2.30. The molecule has 0 spiro atoms. The number of carbonyl (C=O) groups excluding carboxylic acids is 2. The van der Waals surface area contributed by atoms with Crippen LogP contribution in [-0.4, -0.2) is 72.2 Å². The fourth-order valence-electron chi connectivity index (χ4n) is 3.42. The van der Waals surface area contributed by atoms with Crippen molar-refractivity contribution in [2.45, 2.75) is 38.6 Å². The largest absolute Gasteiger partial charge is 0.466 e. The maximum atomic E-state index is 12.9. The highest BCUT2D eigenvalue weighted by molar-refractivity contribution is 5.94. The summed E-state index contributed by atoms with van der Waals surface area (Å²) < 4.78 is 10.4. The first-order chi connectivity index (χ1) is 12.7. The molecule has 2 aliphatic rings. The van der Waals surface area contributed by atoms with Crippen LogP contribution in [-0.2, 0) is 14.3 Å². The Labute approximate surface area is 153 Å². The van der Waals surface area contributed by atoms with E-state index in [1.807, 2.05) is 4.90 Å². The molecule has 8 nitrogen and oxygen atoms in total. The van der Waals surface area contributed by atoms with Crippen LogP contribution < -0.4 is 4.90 Å². The number of rotatable bonds is 5. The smallest absolute Gasteiger partial charge is 0.307 e. The number of piperidine rings is 1. The minimum atomic E-state index is -0.254. The fraction of sp³-hybridized carbons (Fsp3) is 0.667. The average Bonchev–Trinajstić information content (AvgIpc) is 2.69. The van der Waals surface area contributed by atoms with Gasteiger partial charge in [-0.05, 0) is 26.2 Å². The molecular weight excluding hydrogens is 336 g/mol. The van der Waals surface area contributed by atoms with Gasteiger partial charge in [-0.1, -0.05) is 0 Å². The zero-order valence-electron chi connectivity index (χ0n) is 15.2. The van der Waals surface area contributed by atoms with Crippen molar-refractivity contribution in [2.75, 3.05) is 44.4 Å². The number of nitrogens with zero attached hydrogens (tertiary/aromatic N) is 4. The van der Waals surface area contributed by atoms with Gasteiger partial charge in [-0.2, -0.15) is 0 Å². The average molecular weight is 362 g/mol. The number of hydrogen-bond donors (Lipinski definition) is 0. The number of aromatic nitrogens is 2. The summed E-state index contributed by atoms with van der Waals surface area (Å²) >= 11 is 0. The zero-order chi connectivity index (χ0) is 18.4. The van der Waals surface area contributed by atoms with Crippen LogP contribution >= 0.6 is 0 Å². The van der Waals surface area contributed by atoms with Crippen LogP contribution in [0.2, 0.25) is 0 Å². The Morgan fingerprint density at radius 3 is 2.62 bits per heavy atom. The lowest BCUT2D eigenvalue weighted by atomic mass is 9.98. The quantitative estimate of drug-likeness (QED) is 0.729. The summed E-state index contributed by atoms with van der Waals surface area (Å²) in [5.74, 6) is 0.246. The lowest BCUT2D eigenvalue weighted by molar-refractivity contribution is -0.144. The Bertz CT molecular complexity index is 616. The lowest BCUT2D eigenvalue weighted by Crippen LogP contribution is -2.45. The predicted octanol–water partition coefficient (Wildman–Crippen LogP) is 1.26. The van der Waals surface area contributed by atoms with E-state index in [0.717, 1.165) is 32.4 Å². The Kier molecular flexibility index (Phi) is 6.38. The molecule has 1 atom stereocenters. The van der Waals surface area contributed by atoms with Gasteiger partial charge >= 0.3 is 5.97 Å². The summed E-state index contributed by atoms with van der Waals surface area (Å²) in [7, 11) is 0. The monoisotopic (exact) mass is 362 g/mol. The number of likely N-dealkylation sites (tertiary alicyclic amines) is 1. The van der Waals surface area contributed by atoms with E-state index in [1.54, 1.807) is 24.2 Å². The van der Waals surface area contributed by atoms with Gasteiger partial charge in [-0.25, -0.2) is 9.97 Å². The van der Waals surface area contributed by atoms with Crippen LogP contribution in [0.5, 0.6) is 0 Å². The van der Waals surface area contributed by atoms with Crippen LogP contribution in [0.1, 0.15) is 43.0 Å². The minimum absolute atomic E-state index is 0.116. The second kappa shape index (κ2) is 8.93. The van der Waals surface area contributed by atoms with Crippen LogP contribution in [0.4, 0.5) is 5.95 Å². The van der Waals surface area contributed by atoms with Gasteiger partial charge < -0.3 is 19.3 Å². The topological polar surface area (TPSA) is 84.9 Å². The normalized spacial score (nSPS) is 20.7. The van der Waals surface area contributed by atoms with Crippen LogP contribution in [0, 0.1) is 0 Å². The predicted molar refractivity (Wildman–Crippen MR) is 95.0 cm³/mol. The summed E-state index contributed by atoms with van der Waals surface area (Å²) in [5, 5.41) is 0. The number of morpholine rings is 1. The maximum absolute atomic E-state index is 12.9. The molecule has 1 aromatic heterocycles. The summed E-state index contributed by atoms with van der Waals surface area (Å²) in [5.41, 5.74) is 0.456. The van der Waals surface area contributed by atoms with E-state index in [0.29, 0.717) is 37.9 Å². The van der Waals surface area contributed by atoms with Gasteiger partial charge in [0.1, 0.15) is 0 Å². The SMILES string of the molecule is CCOC(=O)C[C@@H]1CCCCN1C(=O)c1cnc(N2CCOCC2)nc1. The van der Waals surface area contributed by atoms with Crippen molar-refractivity contribution in [3.05, 3.63) is 18.0 Å². The first kappa shape index (κ1) is 18.6. The van der Waals surface area contributed by atoms with Crippen molar-refractivity contribution >= 4 is 17.8 Å². The summed E-state index contributed by atoms with van der Waals surface area (Å²) in [6.07, 6.45) is 6.17. The van der Waals surface area contributed by atoms with E-state index in [4.69, 9.17) is 9.47 Å². The van der Waals surface area contributed by atoms with Crippen molar-refractivity contribution in [3.63, 3.8) is 0 Å². The molecule has 0 aliphatic carbocycles. The summed E-state index contributed by atoms with van der Waals surface area (Å²) in [4.78, 5) is 37.3. The van der Waals surface area contributed by atoms with E-state index in [1.165, 1.54) is 0 Å². The van der Waals surface area contributed by atoms with Gasteiger partial charge in [0.2, 0.25) is 5.95 Å². The molecule has 0 unspecified atom stereocenters. The molecule has 3 heterocycles. The van der Waals surface area contributed by atoms with E-state index >= 15 is 0 Å². The summed E-state index contributed by atoms with van der Waals surface area (Å²) in [6, 6.07) is -0.116. The van der Waals surface area contributed by atoms with Crippen LogP contribution in [0.25, 0.3) is 0 Å². The van der Waals surface area contributed by atoms with Gasteiger partial charge in [0.25, 0.3) is 5.91 Å². The third kappa shape index (κ3) is 4.49. The molecule has 2 fully saturated rings. The molecule has 1 amide bonds. The van der Waals surface area contributed by atoms with Gasteiger partial charge in [-0.3, -0.25) is 9.59 Å². The second-order valence-corrected chi connectivity index (χ2v) is 6.53. The fourth-order valence-corrected chi connectivity index (χ4v) is 3.42. The zero-order valence-corrected chi connectivity index (χ0v) is 15.2. The van der Waals surface area contributed by atoms with Crippen molar-refractivity contribution < 1.29 is 19.1 Å². The van der Waals surface area contributed by atoms with Crippen LogP contribution in [0.3, 0.4) is 0 Å². The molecule has 2 aliphatic heterocycles. The molecule has 0 bridgehead atoms. The highest BCUT2D eigenvalue weighted by Crippen LogP contribution is 2.22. The van der Waals surface area contributed by atoms with E-state index in [9.17, 15) is 9.59 Å². The third-order valence-electron chi connectivity index (χ3n) is 4.77. The van der Waals surface area contributed by atoms with Crippen molar-refractivity contribution in [1.82, 2.24) is 14.9 Å². The molecule has 8 heteroatoms. The van der Waals surface area contributed by atoms with Crippen LogP contribution in [0.15, 0.2) is 12.4 Å².